The number of hydrogen-bond acceptors (Lipinski definition) is 3. The normalized spacial score (nSPS) is 10.9. The van der Waals surface area contributed by atoms with Crippen molar-refractivity contribution in [2.24, 2.45) is 0 Å². The number of aryl methyl sites for hydroxylation is 1. The Balaban J connectivity index is 2.00. The van der Waals surface area contributed by atoms with Gasteiger partial charge in [0.1, 0.15) is 11.3 Å². The van der Waals surface area contributed by atoms with Gasteiger partial charge in [0.2, 0.25) is 0 Å². The van der Waals surface area contributed by atoms with Gasteiger partial charge >= 0.3 is 0 Å². The molecule has 0 fully saturated rings. The average Bonchev–Trinajstić information content (AvgIpc) is 2.86. The van der Waals surface area contributed by atoms with Crippen LogP contribution in [0.5, 0.6) is 0 Å². The van der Waals surface area contributed by atoms with Gasteiger partial charge in [-0.05, 0) is 25.5 Å². The predicted octanol–water partition coefficient (Wildman–Crippen LogP) is 4.42. The first-order chi connectivity index (χ1) is 10.4. The van der Waals surface area contributed by atoms with Crippen molar-refractivity contribution in [3.8, 4) is 0 Å². The lowest BCUT2D eigenvalue weighted by Crippen LogP contribution is -2.16. The molecule has 0 amide bonds. The Morgan fingerprint density at radius 2 is 2.14 bits per heavy atom. The standard InChI is InChI=1S/C18H25NO2/c1-3-5-10-18-16(14-19-12-8-13-20-4-2)15-9-6-7-11-17(15)21-18/h4,6-7,9,11,19H,2-3,5,8,10,12-14H2,1H3. The third-order valence-corrected chi connectivity index (χ3v) is 3.57. The molecule has 0 bridgehead atoms. The molecule has 1 aromatic heterocycles. The van der Waals surface area contributed by atoms with Crippen molar-refractivity contribution >= 4 is 11.0 Å². The second-order valence-corrected chi connectivity index (χ2v) is 5.17. The highest BCUT2D eigenvalue weighted by Crippen LogP contribution is 2.27. The second-order valence-electron chi connectivity index (χ2n) is 5.17. The van der Waals surface area contributed by atoms with E-state index in [1.165, 1.54) is 30.1 Å². The Morgan fingerprint density at radius 3 is 2.95 bits per heavy atom. The van der Waals surface area contributed by atoms with Crippen LogP contribution in [-0.4, -0.2) is 13.2 Å². The topological polar surface area (TPSA) is 34.4 Å². The zero-order valence-corrected chi connectivity index (χ0v) is 12.9. The Kier molecular flexibility index (Phi) is 6.35. The molecule has 2 aromatic rings. The van der Waals surface area contributed by atoms with E-state index in [-0.39, 0.29) is 0 Å². The molecule has 1 heterocycles. The summed E-state index contributed by atoms with van der Waals surface area (Å²) in [6.07, 6.45) is 5.84. The minimum atomic E-state index is 0.714. The van der Waals surface area contributed by atoms with Gasteiger partial charge in [-0.25, -0.2) is 0 Å². The van der Waals surface area contributed by atoms with Crippen molar-refractivity contribution in [1.29, 1.82) is 0 Å². The molecule has 0 aliphatic rings. The second kappa shape index (κ2) is 8.53. The molecule has 0 spiro atoms. The molecule has 0 saturated carbocycles. The molecular weight excluding hydrogens is 262 g/mol. The number of para-hydroxylation sites is 1. The summed E-state index contributed by atoms with van der Waals surface area (Å²) in [7, 11) is 0. The van der Waals surface area contributed by atoms with Crippen LogP contribution in [0.2, 0.25) is 0 Å². The molecule has 0 aliphatic heterocycles. The summed E-state index contributed by atoms with van der Waals surface area (Å²) < 4.78 is 11.1. The van der Waals surface area contributed by atoms with Crippen LogP contribution in [0.1, 0.15) is 37.5 Å². The summed E-state index contributed by atoms with van der Waals surface area (Å²) >= 11 is 0. The van der Waals surface area contributed by atoms with Gasteiger partial charge < -0.3 is 14.5 Å². The molecule has 21 heavy (non-hydrogen) atoms. The first-order valence-corrected chi connectivity index (χ1v) is 7.79. The maximum absolute atomic E-state index is 6.02. The van der Waals surface area contributed by atoms with Crippen LogP contribution < -0.4 is 5.32 Å². The van der Waals surface area contributed by atoms with Crippen molar-refractivity contribution in [2.75, 3.05) is 13.2 Å². The van der Waals surface area contributed by atoms with Crippen LogP contribution in [0.25, 0.3) is 11.0 Å². The third kappa shape index (κ3) is 4.36. The maximum Gasteiger partial charge on any atom is 0.134 e. The summed E-state index contributed by atoms with van der Waals surface area (Å²) in [5.74, 6) is 1.13. The quantitative estimate of drug-likeness (QED) is 0.519. The predicted molar refractivity (Wildman–Crippen MR) is 87.3 cm³/mol. The molecule has 3 nitrogen and oxygen atoms in total. The van der Waals surface area contributed by atoms with E-state index in [1.54, 1.807) is 0 Å². The van der Waals surface area contributed by atoms with Crippen LogP contribution in [0.3, 0.4) is 0 Å². The van der Waals surface area contributed by atoms with E-state index in [9.17, 15) is 0 Å². The fourth-order valence-electron chi connectivity index (χ4n) is 2.46. The van der Waals surface area contributed by atoms with Crippen LogP contribution in [-0.2, 0) is 17.7 Å². The number of ether oxygens (including phenoxy) is 1. The van der Waals surface area contributed by atoms with Gasteiger partial charge in [0.25, 0.3) is 0 Å². The third-order valence-electron chi connectivity index (χ3n) is 3.57. The van der Waals surface area contributed by atoms with Gasteiger partial charge in [0, 0.05) is 23.9 Å². The first kappa shape index (κ1) is 15.6. The van der Waals surface area contributed by atoms with Gasteiger partial charge in [-0.15, -0.1) is 0 Å². The Labute approximate surface area is 127 Å². The molecule has 0 saturated heterocycles. The van der Waals surface area contributed by atoms with E-state index in [2.05, 4.69) is 31.0 Å². The largest absolute Gasteiger partial charge is 0.502 e. The van der Waals surface area contributed by atoms with Crippen molar-refractivity contribution < 1.29 is 9.15 Å². The maximum atomic E-state index is 6.02. The molecule has 2 rings (SSSR count). The van der Waals surface area contributed by atoms with Crippen LogP contribution in [0.15, 0.2) is 41.5 Å². The van der Waals surface area contributed by atoms with E-state index in [0.717, 1.165) is 37.3 Å². The zero-order valence-electron chi connectivity index (χ0n) is 12.9. The summed E-state index contributed by atoms with van der Waals surface area (Å²) in [6, 6.07) is 8.29. The molecule has 114 valence electrons. The Morgan fingerprint density at radius 1 is 1.29 bits per heavy atom. The van der Waals surface area contributed by atoms with E-state index in [0.29, 0.717) is 6.61 Å². The van der Waals surface area contributed by atoms with E-state index < -0.39 is 0 Å². The van der Waals surface area contributed by atoms with Gasteiger partial charge in [-0.2, -0.15) is 0 Å². The molecule has 0 aliphatic carbocycles. The van der Waals surface area contributed by atoms with Gasteiger partial charge in [-0.3, -0.25) is 0 Å². The number of unbranched alkanes of at least 4 members (excludes halogenated alkanes) is 1. The number of nitrogens with one attached hydrogen (secondary N) is 1. The van der Waals surface area contributed by atoms with Gasteiger partial charge in [-0.1, -0.05) is 38.1 Å². The molecule has 3 heteroatoms. The molecule has 1 aromatic carbocycles. The lowest BCUT2D eigenvalue weighted by molar-refractivity contribution is 0.244. The lowest BCUT2D eigenvalue weighted by atomic mass is 10.1. The smallest absolute Gasteiger partial charge is 0.134 e. The van der Waals surface area contributed by atoms with E-state index >= 15 is 0 Å². The number of hydrogen-bond donors (Lipinski definition) is 1. The van der Waals surface area contributed by atoms with Gasteiger partial charge in [0.15, 0.2) is 0 Å². The monoisotopic (exact) mass is 287 g/mol. The number of benzene rings is 1. The highest BCUT2D eigenvalue weighted by molar-refractivity contribution is 5.82. The van der Waals surface area contributed by atoms with Crippen molar-refractivity contribution in [3.63, 3.8) is 0 Å². The SMILES string of the molecule is C=COCCCNCc1c(CCCC)oc2ccccc12. The molecule has 0 unspecified atom stereocenters. The van der Waals surface area contributed by atoms with Crippen LogP contribution in [0.4, 0.5) is 0 Å². The zero-order chi connectivity index (χ0) is 14.9. The highest BCUT2D eigenvalue weighted by atomic mass is 16.5. The van der Waals surface area contributed by atoms with E-state index in [4.69, 9.17) is 9.15 Å². The minimum Gasteiger partial charge on any atom is -0.502 e. The molecule has 1 N–H and O–H groups in total. The average molecular weight is 287 g/mol. The van der Waals surface area contributed by atoms with Crippen molar-refractivity contribution in [1.82, 2.24) is 5.32 Å². The minimum absolute atomic E-state index is 0.714. The van der Waals surface area contributed by atoms with Crippen LogP contribution >= 0.6 is 0 Å². The fraction of sp³-hybridized carbons (Fsp3) is 0.444. The number of furan rings is 1. The number of fused-ring (bicyclic) bond motifs is 1. The molecule has 0 atom stereocenters. The van der Waals surface area contributed by atoms with Gasteiger partial charge in [0.05, 0.1) is 12.9 Å². The van der Waals surface area contributed by atoms with E-state index in [1.807, 2.05) is 12.1 Å². The summed E-state index contributed by atoms with van der Waals surface area (Å²) in [5.41, 5.74) is 2.30. The van der Waals surface area contributed by atoms with Crippen molar-refractivity contribution in [3.05, 3.63) is 48.4 Å². The lowest BCUT2D eigenvalue weighted by Gasteiger charge is -2.06. The summed E-state index contributed by atoms with van der Waals surface area (Å²) in [6.45, 7) is 8.24. The highest BCUT2D eigenvalue weighted by Gasteiger charge is 2.12. The first-order valence-electron chi connectivity index (χ1n) is 7.79. The molecular formula is C18H25NO2. The van der Waals surface area contributed by atoms with Crippen molar-refractivity contribution in [2.45, 2.75) is 39.2 Å². The number of rotatable bonds is 10. The van der Waals surface area contributed by atoms with Crippen LogP contribution in [0, 0.1) is 0 Å². The summed E-state index contributed by atoms with van der Waals surface area (Å²) in [4.78, 5) is 0. The Hall–Kier alpha value is -1.74. The Bertz CT molecular complexity index is 559. The summed E-state index contributed by atoms with van der Waals surface area (Å²) in [5, 5.41) is 4.72. The molecule has 0 radical (unpaired) electrons. The fourth-order valence-corrected chi connectivity index (χ4v) is 2.46.